The van der Waals surface area contributed by atoms with Crippen molar-refractivity contribution in [2.24, 2.45) is 24.8 Å². The molecule has 2 N–H and O–H groups in total. The highest BCUT2D eigenvalue weighted by molar-refractivity contribution is 6.09. The molecule has 4 aliphatic rings. The molecular weight excluding hydrogens is 435 g/mol. The number of hydrogen-bond acceptors (Lipinski definition) is 4. The van der Waals surface area contributed by atoms with Crippen LogP contribution in [0.3, 0.4) is 0 Å². The fourth-order valence-electron chi connectivity index (χ4n) is 6.98. The topological polar surface area (TPSA) is 80.6 Å². The van der Waals surface area contributed by atoms with Crippen LogP contribution in [0.15, 0.2) is 24.3 Å². The monoisotopic (exact) mass is 468 g/mol. The second-order valence-corrected chi connectivity index (χ2v) is 10.4. The van der Waals surface area contributed by atoms with E-state index >= 15 is 0 Å². The molecular formula is C27H33FN2O4. The Balaban J connectivity index is 1.41. The predicted molar refractivity (Wildman–Crippen MR) is 126 cm³/mol. The van der Waals surface area contributed by atoms with E-state index in [1.807, 2.05) is 6.92 Å². The Bertz CT molecular complexity index is 1120. The van der Waals surface area contributed by atoms with Crippen LogP contribution in [0, 0.1) is 23.6 Å². The summed E-state index contributed by atoms with van der Waals surface area (Å²) >= 11 is 0. The first-order chi connectivity index (χ1) is 16.2. The quantitative estimate of drug-likeness (QED) is 0.602. The van der Waals surface area contributed by atoms with E-state index in [-0.39, 0.29) is 23.3 Å². The lowest BCUT2D eigenvalue weighted by molar-refractivity contribution is -0.137. The number of amides is 1. The maximum absolute atomic E-state index is 14.1. The zero-order valence-electron chi connectivity index (χ0n) is 20.1. The summed E-state index contributed by atoms with van der Waals surface area (Å²) in [6.07, 6.45) is 5.12. The van der Waals surface area contributed by atoms with Gasteiger partial charge in [-0.15, -0.1) is 0 Å². The van der Waals surface area contributed by atoms with Crippen LogP contribution in [0.5, 0.6) is 5.75 Å². The average molecular weight is 469 g/mol. The summed E-state index contributed by atoms with van der Waals surface area (Å²) in [6, 6.07) is 5.78. The third kappa shape index (κ3) is 3.94. The molecule has 6 rings (SSSR count). The van der Waals surface area contributed by atoms with E-state index in [0.29, 0.717) is 47.9 Å². The molecule has 6 nitrogen and oxygen atoms in total. The highest BCUT2D eigenvalue weighted by Gasteiger charge is 2.55. The van der Waals surface area contributed by atoms with Crippen LogP contribution in [-0.2, 0) is 13.5 Å². The van der Waals surface area contributed by atoms with Gasteiger partial charge in [-0.1, -0.05) is 6.92 Å². The van der Waals surface area contributed by atoms with E-state index < -0.39 is 11.4 Å². The maximum atomic E-state index is 14.1. The molecule has 2 aromatic rings. The van der Waals surface area contributed by atoms with Gasteiger partial charge in [-0.2, -0.15) is 0 Å². The third-order valence-corrected chi connectivity index (χ3v) is 8.12. The number of ketones is 1. The largest absolute Gasteiger partial charge is 0.494 e. The minimum Gasteiger partial charge on any atom is -0.494 e. The summed E-state index contributed by atoms with van der Waals surface area (Å²) in [7, 11) is 1.71. The van der Waals surface area contributed by atoms with Crippen LogP contribution < -0.4 is 10.1 Å². The molecule has 1 heterocycles. The van der Waals surface area contributed by atoms with Gasteiger partial charge < -0.3 is 19.7 Å². The van der Waals surface area contributed by atoms with Gasteiger partial charge in [0.2, 0.25) is 5.78 Å². The Hall–Kier alpha value is -2.67. The van der Waals surface area contributed by atoms with Crippen molar-refractivity contribution in [1.29, 1.82) is 0 Å². The number of benzene rings is 1. The van der Waals surface area contributed by atoms with Crippen molar-refractivity contribution in [2.45, 2.75) is 64.0 Å². The molecule has 34 heavy (non-hydrogen) atoms. The summed E-state index contributed by atoms with van der Waals surface area (Å²) in [6.45, 7) is 4.12. The van der Waals surface area contributed by atoms with Crippen molar-refractivity contribution >= 4 is 11.7 Å². The predicted octanol–water partition coefficient (Wildman–Crippen LogP) is 4.03. The van der Waals surface area contributed by atoms with E-state index in [4.69, 9.17) is 4.74 Å². The van der Waals surface area contributed by atoms with Gasteiger partial charge in [-0.05, 0) is 87.0 Å². The lowest BCUT2D eigenvalue weighted by Crippen LogP contribution is -2.61. The molecule has 4 bridgehead atoms. The molecule has 1 aromatic carbocycles. The van der Waals surface area contributed by atoms with Gasteiger partial charge in [0.05, 0.1) is 17.9 Å². The number of ether oxygens (including phenoxy) is 1. The number of carbonyl (C=O) groups is 2. The van der Waals surface area contributed by atoms with Crippen molar-refractivity contribution in [3.8, 4) is 5.75 Å². The SMILES string of the molecule is CCOc1cc(F)cc(C(=O)c2cc(CC)c(C(=O)NC3C4CC5CC3CC(O)(C5)C4)n2C)c1. The van der Waals surface area contributed by atoms with Crippen LogP contribution in [0.25, 0.3) is 0 Å². The molecule has 0 aliphatic heterocycles. The van der Waals surface area contributed by atoms with Crippen LogP contribution in [0.2, 0.25) is 0 Å². The van der Waals surface area contributed by atoms with Crippen LogP contribution in [0.1, 0.15) is 78.1 Å². The molecule has 4 aliphatic carbocycles. The Morgan fingerprint density at radius 3 is 2.47 bits per heavy atom. The first-order valence-corrected chi connectivity index (χ1v) is 12.4. The van der Waals surface area contributed by atoms with Gasteiger partial charge >= 0.3 is 0 Å². The summed E-state index contributed by atoms with van der Waals surface area (Å²) in [4.78, 5) is 26.8. The number of carbonyl (C=O) groups excluding carboxylic acids is 2. The van der Waals surface area contributed by atoms with E-state index in [1.54, 1.807) is 24.6 Å². The second kappa shape index (κ2) is 8.52. The molecule has 7 heteroatoms. The molecule has 0 saturated heterocycles. The van der Waals surface area contributed by atoms with Crippen molar-refractivity contribution in [3.63, 3.8) is 0 Å². The molecule has 2 unspecified atom stereocenters. The third-order valence-electron chi connectivity index (χ3n) is 8.12. The molecule has 0 spiro atoms. The van der Waals surface area contributed by atoms with Crippen molar-refractivity contribution in [1.82, 2.24) is 9.88 Å². The number of rotatable bonds is 7. The van der Waals surface area contributed by atoms with E-state index in [0.717, 1.165) is 37.7 Å². The molecule has 4 fully saturated rings. The number of aryl methyl sites for hydroxylation is 1. The number of hydrogen-bond donors (Lipinski definition) is 2. The zero-order chi connectivity index (χ0) is 24.2. The normalized spacial score (nSPS) is 29.3. The molecule has 0 radical (unpaired) electrons. The average Bonchev–Trinajstić information content (AvgIpc) is 3.10. The Morgan fingerprint density at radius 2 is 1.85 bits per heavy atom. The van der Waals surface area contributed by atoms with Crippen LogP contribution in [0.4, 0.5) is 4.39 Å². The minimum absolute atomic E-state index is 0.0556. The van der Waals surface area contributed by atoms with E-state index in [9.17, 15) is 19.1 Å². The second-order valence-electron chi connectivity index (χ2n) is 10.4. The summed E-state index contributed by atoms with van der Waals surface area (Å²) in [5.41, 5.74) is 1.23. The standard InChI is InChI=1S/C27H33FN2O4/c1-4-16-10-22(25(31)17-8-20(28)11-21(9-17)34-5-2)30(3)24(16)26(32)29-23-18-6-15-7-19(23)14-27(33,12-15)13-18/h8-11,15,18-19,23,33H,4-7,12-14H2,1-3H3,(H,29,32). The highest BCUT2D eigenvalue weighted by Crippen LogP contribution is 2.55. The van der Waals surface area contributed by atoms with Crippen molar-refractivity contribution in [2.75, 3.05) is 6.61 Å². The van der Waals surface area contributed by atoms with Gasteiger partial charge in [0.1, 0.15) is 17.3 Å². The summed E-state index contributed by atoms with van der Waals surface area (Å²) in [5.74, 6) is 0.393. The Labute approximate surface area is 199 Å². The lowest BCUT2D eigenvalue weighted by Gasteiger charge is -2.58. The lowest BCUT2D eigenvalue weighted by atomic mass is 9.52. The van der Waals surface area contributed by atoms with Crippen molar-refractivity contribution < 1.29 is 23.8 Å². The Morgan fingerprint density at radius 1 is 1.15 bits per heavy atom. The van der Waals surface area contributed by atoms with Gasteiger partial charge in [0.25, 0.3) is 5.91 Å². The highest BCUT2D eigenvalue weighted by atomic mass is 19.1. The van der Waals surface area contributed by atoms with Crippen LogP contribution >= 0.6 is 0 Å². The number of nitrogens with zero attached hydrogens (tertiary/aromatic N) is 1. The first-order valence-electron chi connectivity index (χ1n) is 12.4. The maximum Gasteiger partial charge on any atom is 0.268 e. The van der Waals surface area contributed by atoms with Gasteiger partial charge in [0, 0.05) is 24.7 Å². The summed E-state index contributed by atoms with van der Waals surface area (Å²) < 4.78 is 21.1. The molecule has 4 saturated carbocycles. The number of aliphatic hydroxyl groups is 1. The molecule has 2 atom stereocenters. The van der Waals surface area contributed by atoms with E-state index in [2.05, 4.69) is 5.32 Å². The first kappa shape index (κ1) is 23.1. The molecule has 1 amide bonds. The van der Waals surface area contributed by atoms with Gasteiger partial charge in [-0.3, -0.25) is 9.59 Å². The smallest absolute Gasteiger partial charge is 0.268 e. The number of aromatic nitrogens is 1. The fraction of sp³-hybridized carbons (Fsp3) is 0.556. The van der Waals surface area contributed by atoms with Gasteiger partial charge in [-0.25, -0.2) is 4.39 Å². The molecule has 1 aromatic heterocycles. The zero-order valence-corrected chi connectivity index (χ0v) is 20.1. The van der Waals surface area contributed by atoms with Crippen molar-refractivity contribution in [3.05, 3.63) is 52.6 Å². The van der Waals surface area contributed by atoms with Gasteiger partial charge in [0.15, 0.2) is 0 Å². The van der Waals surface area contributed by atoms with E-state index in [1.165, 1.54) is 18.2 Å². The summed E-state index contributed by atoms with van der Waals surface area (Å²) in [5, 5.41) is 14.1. The van der Waals surface area contributed by atoms with Crippen LogP contribution in [-0.4, -0.2) is 39.6 Å². The molecule has 182 valence electrons. The minimum atomic E-state index is -0.553. The fourth-order valence-corrected chi connectivity index (χ4v) is 6.98. The number of nitrogens with one attached hydrogen (secondary N) is 1. The number of halogens is 1. The Kier molecular flexibility index (Phi) is 5.79.